The SMILES string of the molecule is C=C[C@@H]1CCCOc2ccc(cc2)C[C@H](CS(=O)(=O)c2ccc(F)cc2)C(=O)N[C@@H](C(C)C)C(=O)C1. The molecule has 1 amide bonds. The Morgan fingerprint density at radius 3 is 2.36 bits per heavy atom. The summed E-state index contributed by atoms with van der Waals surface area (Å²) in [7, 11) is -3.90. The Labute approximate surface area is 212 Å². The number of ketones is 1. The van der Waals surface area contributed by atoms with Crippen LogP contribution in [-0.2, 0) is 25.8 Å². The maximum atomic E-state index is 13.5. The largest absolute Gasteiger partial charge is 0.494 e. The summed E-state index contributed by atoms with van der Waals surface area (Å²) < 4.78 is 45.4. The van der Waals surface area contributed by atoms with Gasteiger partial charge in [-0.25, -0.2) is 12.8 Å². The van der Waals surface area contributed by atoms with Gasteiger partial charge >= 0.3 is 0 Å². The Kier molecular flexibility index (Phi) is 9.43. The van der Waals surface area contributed by atoms with E-state index in [-0.39, 0.29) is 35.4 Å². The molecule has 0 saturated carbocycles. The first-order chi connectivity index (χ1) is 17.1. The second-order valence-corrected chi connectivity index (χ2v) is 11.7. The minimum atomic E-state index is -3.90. The minimum Gasteiger partial charge on any atom is -0.494 e. The second kappa shape index (κ2) is 12.3. The lowest BCUT2D eigenvalue weighted by Crippen LogP contribution is -2.48. The molecular formula is C28H34FNO5S. The van der Waals surface area contributed by atoms with Crippen LogP contribution in [0.4, 0.5) is 4.39 Å². The fraction of sp³-hybridized carbons (Fsp3) is 0.429. The third-order valence-electron chi connectivity index (χ3n) is 6.47. The smallest absolute Gasteiger partial charge is 0.225 e. The molecule has 0 fully saturated rings. The molecule has 2 heterocycles. The van der Waals surface area contributed by atoms with Crippen LogP contribution in [0.5, 0.6) is 5.75 Å². The van der Waals surface area contributed by atoms with Crippen LogP contribution in [-0.4, -0.2) is 38.5 Å². The third kappa shape index (κ3) is 7.50. The van der Waals surface area contributed by atoms with E-state index in [2.05, 4.69) is 11.9 Å². The van der Waals surface area contributed by atoms with E-state index in [1.807, 2.05) is 26.0 Å². The van der Waals surface area contributed by atoms with Crippen molar-refractivity contribution in [3.05, 3.63) is 72.6 Å². The number of halogens is 1. The molecule has 3 atom stereocenters. The molecule has 8 heteroatoms. The molecule has 2 aromatic rings. The van der Waals surface area contributed by atoms with E-state index < -0.39 is 39.3 Å². The number of benzene rings is 2. The number of carbonyl (C=O) groups is 2. The van der Waals surface area contributed by atoms with Crippen LogP contribution in [0.15, 0.2) is 66.1 Å². The molecule has 0 aliphatic carbocycles. The van der Waals surface area contributed by atoms with Gasteiger partial charge < -0.3 is 10.1 Å². The lowest BCUT2D eigenvalue weighted by atomic mass is 9.89. The van der Waals surface area contributed by atoms with E-state index in [1.165, 1.54) is 12.1 Å². The van der Waals surface area contributed by atoms with Gasteiger partial charge in [0, 0.05) is 6.42 Å². The molecule has 194 valence electrons. The maximum absolute atomic E-state index is 13.5. The zero-order valence-corrected chi connectivity index (χ0v) is 21.6. The summed E-state index contributed by atoms with van der Waals surface area (Å²) in [6.07, 6.45) is 3.63. The minimum absolute atomic E-state index is 0.0517. The Balaban J connectivity index is 1.94. The van der Waals surface area contributed by atoms with Gasteiger partial charge in [0.05, 0.1) is 29.2 Å². The lowest BCUT2D eigenvalue weighted by molar-refractivity contribution is -0.131. The zero-order chi connectivity index (χ0) is 26.3. The molecule has 1 N–H and O–H groups in total. The highest BCUT2D eigenvalue weighted by atomic mass is 32.2. The topological polar surface area (TPSA) is 89.5 Å². The van der Waals surface area contributed by atoms with Gasteiger partial charge in [-0.3, -0.25) is 9.59 Å². The molecule has 2 aliphatic heterocycles. The van der Waals surface area contributed by atoms with Crippen LogP contribution < -0.4 is 10.1 Å². The van der Waals surface area contributed by atoms with Crippen LogP contribution in [0.2, 0.25) is 0 Å². The molecule has 4 rings (SSSR count). The van der Waals surface area contributed by atoms with Crippen molar-refractivity contribution in [3.8, 4) is 5.75 Å². The van der Waals surface area contributed by atoms with E-state index in [9.17, 15) is 22.4 Å². The van der Waals surface area contributed by atoms with Gasteiger partial charge in [0.25, 0.3) is 0 Å². The number of nitrogens with one attached hydrogen (secondary N) is 1. The second-order valence-electron chi connectivity index (χ2n) is 9.67. The van der Waals surface area contributed by atoms with Gasteiger partial charge in [0.2, 0.25) is 5.91 Å². The van der Waals surface area contributed by atoms with Crippen molar-refractivity contribution in [1.29, 1.82) is 0 Å². The van der Waals surface area contributed by atoms with Crippen LogP contribution in [0.3, 0.4) is 0 Å². The summed E-state index contributed by atoms with van der Waals surface area (Å²) in [5.41, 5.74) is 0.767. The van der Waals surface area contributed by atoms with Gasteiger partial charge in [0.15, 0.2) is 15.6 Å². The highest BCUT2D eigenvalue weighted by Crippen LogP contribution is 2.23. The van der Waals surface area contributed by atoms with Gasteiger partial charge in [-0.15, -0.1) is 6.58 Å². The molecule has 6 nitrogen and oxygen atoms in total. The fourth-order valence-electron chi connectivity index (χ4n) is 4.35. The fourth-order valence-corrected chi connectivity index (χ4v) is 5.89. The first-order valence-corrected chi connectivity index (χ1v) is 13.9. The number of rotatable bonds is 5. The average Bonchev–Trinajstić information content (AvgIpc) is 2.84. The van der Waals surface area contributed by atoms with Gasteiger partial charge in [-0.2, -0.15) is 0 Å². The third-order valence-corrected chi connectivity index (χ3v) is 8.30. The Hall–Kier alpha value is -3.00. The van der Waals surface area contributed by atoms with Crippen molar-refractivity contribution in [2.45, 2.75) is 50.5 Å². The van der Waals surface area contributed by atoms with Crippen molar-refractivity contribution in [1.82, 2.24) is 5.32 Å². The number of fused-ring (bicyclic) bond motifs is 13. The van der Waals surface area contributed by atoms with E-state index in [4.69, 9.17) is 4.74 Å². The van der Waals surface area contributed by atoms with Gasteiger partial charge in [0.1, 0.15) is 11.6 Å². The molecular weight excluding hydrogens is 481 g/mol. The predicted molar refractivity (Wildman–Crippen MR) is 137 cm³/mol. The van der Waals surface area contributed by atoms with Crippen molar-refractivity contribution >= 4 is 21.5 Å². The molecule has 2 aliphatic rings. The summed E-state index contributed by atoms with van der Waals surface area (Å²) in [5, 5.41) is 2.84. The number of sulfone groups is 1. The summed E-state index contributed by atoms with van der Waals surface area (Å²) in [5.74, 6) is -2.14. The summed E-state index contributed by atoms with van der Waals surface area (Å²) in [6, 6.07) is 11.0. The Bertz CT molecular complexity index is 1160. The Morgan fingerprint density at radius 2 is 1.75 bits per heavy atom. The number of ether oxygens (including phenoxy) is 1. The van der Waals surface area contributed by atoms with Crippen LogP contribution in [0, 0.1) is 23.6 Å². The van der Waals surface area contributed by atoms with Crippen LogP contribution in [0.25, 0.3) is 0 Å². The number of amides is 1. The molecule has 0 unspecified atom stereocenters. The van der Waals surface area contributed by atoms with E-state index in [1.54, 1.807) is 18.2 Å². The van der Waals surface area contributed by atoms with E-state index >= 15 is 0 Å². The predicted octanol–water partition coefficient (Wildman–Crippen LogP) is 4.53. The quantitative estimate of drug-likeness (QED) is 0.467. The van der Waals surface area contributed by atoms with Crippen LogP contribution in [0.1, 0.15) is 38.7 Å². The number of allylic oxidation sites excluding steroid dienone is 1. The van der Waals surface area contributed by atoms with Crippen molar-refractivity contribution in [3.63, 3.8) is 0 Å². The first-order valence-electron chi connectivity index (χ1n) is 12.2. The van der Waals surface area contributed by atoms with Crippen molar-refractivity contribution in [2.24, 2.45) is 17.8 Å². The number of hydrogen-bond donors (Lipinski definition) is 1. The summed E-state index contributed by atoms with van der Waals surface area (Å²) in [6.45, 7) is 8.05. The molecule has 2 aromatic carbocycles. The van der Waals surface area contributed by atoms with E-state index in [0.717, 1.165) is 30.5 Å². The van der Waals surface area contributed by atoms with Gasteiger partial charge in [-0.05, 0) is 73.1 Å². The molecule has 0 spiro atoms. The standard InChI is InChI=1S/C28H34FNO5S/c1-4-20-6-5-15-35-24-11-7-21(8-12-24)16-22(28(32)30-27(19(2)3)26(31)17-20)18-36(33,34)25-13-9-23(29)10-14-25/h4,7-14,19-20,22,27H,1,5-6,15-18H2,2-3H3,(H,30,32)/t20-,22-,27+/m1/s1. The number of Topliss-reactive ketones (excluding diaryl/α,β-unsaturated/α-hetero) is 1. The molecule has 2 bridgehead atoms. The zero-order valence-electron chi connectivity index (χ0n) is 20.8. The molecule has 0 saturated heterocycles. The molecule has 36 heavy (non-hydrogen) atoms. The maximum Gasteiger partial charge on any atom is 0.225 e. The van der Waals surface area contributed by atoms with Crippen LogP contribution >= 0.6 is 0 Å². The highest BCUT2D eigenvalue weighted by Gasteiger charge is 2.32. The summed E-state index contributed by atoms with van der Waals surface area (Å²) >= 11 is 0. The monoisotopic (exact) mass is 515 g/mol. The molecule has 0 aromatic heterocycles. The first kappa shape index (κ1) is 27.6. The van der Waals surface area contributed by atoms with Crippen molar-refractivity contribution < 1.29 is 27.1 Å². The molecule has 0 radical (unpaired) electrons. The average molecular weight is 516 g/mol. The van der Waals surface area contributed by atoms with E-state index in [0.29, 0.717) is 12.4 Å². The summed E-state index contributed by atoms with van der Waals surface area (Å²) in [4.78, 5) is 26.6. The Morgan fingerprint density at radius 1 is 1.08 bits per heavy atom. The number of carbonyl (C=O) groups excluding carboxylic acids is 2. The van der Waals surface area contributed by atoms with Crippen molar-refractivity contribution in [2.75, 3.05) is 12.4 Å². The van der Waals surface area contributed by atoms with Gasteiger partial charge in [-0.1, -0.05) is 32.1 Å². The highest BCUT2D eigenvalue weighted by molar-refractivity contribution is 7.91. The lowest BCUT2D eigenvalue weighted by Gasteiger charge is -2.26. The number of hydrogen-bond acceptors (Lipinski definition) is 5. The normalized spacial score (nSPS) is 22.2.